The van der Waals surface area contributed by atoms with Crippen molar-refractivity contribution in [1.29, 1.82) is 0 Å². The molecule has 0 aliphatic carbocycles. The molecule has 0 unspecified atom stereocenters. The van der Waals surface area contributed by atoms with Crippen LogP contribution in [0.15, 0.2) is 42.5 Å². The first-order valence-corrected chi connectivity index (χ1v) is 7.42. The third-order valence-electron chi connectivity index (χ3n) is 3.39. The van der Waals surface area contributed by atoms with Gasteiger partial charge in [-0.2, -0.15) is 0 Å². The molecule has 0 radical (unpaired) electrons. The molecule has 7 nitrogen and oxygen atoms in total. The van der Waals surface area contributed by atoms with Crippen molar-refractivity contribution in [3.8, 4) is 0 Å². The minimum atomic E-state index is -0.613. The standard InChI is InChI=1S/C16H13ClN4O3/c1-9(22)19-20-16(24)21-13-5-3-2-4-11(13)15(23)18-12-8-10(17)6-7-14(12)21/h2-8H,1H3,(H,18,23)(H,19,22)(H,20,24). The van der Waals surface area contributed by atoms with Crippen LogP contribution in [0.25, 0.3) is 0 Å². The van der Waals surface area contributed by atoms with E-state index < -0.39 is 11.9 Å². The summed E-state index contributed by atoms with van der Waals surface area (Å²) in [4.78, 5) is 37.4. The van der Waals surface area contributed by atoms with Crippen molar-refractivity contribution in [3.63, 3.8) is 0 Å². The third-order valence-corrected chi connectivity index (χ3v) is 3.62. The molecule has 0 atom stereocenters. The fraction of sp³-hybridized carbons (Fsp3) is 0.0625. The van der Waals surface area contributed by atoms with Crippen LogP contribution in [0, 0.1) is 0 Å². The number of rotatable bonds is 0. The predicted molar refractivity (Wildman–Crippen MR) is 90.3 cm³/mol. The summed E-state index contributed by atoms with van der Waals surface area (Å²) in [5, 5.41) is 3.16. The molecule has 4 amide bonds. The highest BCUT2D eigenvalue weighted by atomic mass is 35.5. The van der Waals surface area contributed by atoms with Crippen LogP contribution < -0.4 is 21.1 Å². The zero-order valence-corrected chi connectivity index (χ0v) is 13.3. The minimum absolute atomic E-state index is 0.322. The summed E-state index contributed by atoms with van der Waals surface area (Å²) in [5.41, 5.74) is 6.07. The molecule has 24 heavy (non-hydrogen) atoms. The van der Waals surface area contributed by atoms with Crippen molar-refractivity contribution in [2.45, 2.75) is 6.92 Å². The second-order valence-electron chi connectivity index (χ2n) is 5.08. The van der Waals surface area contributed by atoms with E-state index in [0.717, 1.165) is 0 Å². The van der Waals surface area contributed by atoms with Crippen LogP contribution in [-0.4, -0.2) is 17.8 Å². The van der Waals surface area contributed by atoms with Gasteiger partial charge >= 0.3 is 6.03 Å². The molecule has 1 aliphatic rings. The van der Waals surface area contributed by atoms with Crippen molar-refractivity contribution < 1.29 is 14.4 Å². The van der Waals surface area contributed by atoms with E-state index in [9.17, 15) is 14.4 Å². The van der Waals surface area contributed by atoms with Crippen LogP contribution >= 0.6 is 11.6 Å². The van der Waals surface area contributed by atoms with Gasteiger partial charge in [0.05, 0.1) is 22.6 Å². The van der Waals surface area contributed by atoms with E-state index in [1.54, 1.807) is 42.5 Å². The molecule has 2 aromatic rings. The zero-order chi connectivity index (χ0) is 17.3. The second kappa shape index (κ2) is 6.21. The number of urea groups is 1. The zero-order valence-electron chi connectivity index (χ0n) is 12.6. The van der Waals surface area contributed by atoms with E-state index in [2.05, 4.69) is 16.2 Å². The molecular formula is C16H13ClN4O3. The highest BCUT2D eigenvalue weighted by Crippen LogP contribution is 2.38. The summed E-state index contributed by atoms with van der Waals surface area (Å²) >= 11 is 5.99. The Morgan fingerprint density at radius 2 is 1.83 bits per heavy atom. The molecule has 0 saturated heterocycles. The number of carbonyl (C=O) groups excluding carboxylic acids is 3. The number of fused-ring (bicyclic) bond motifs is 2. The van der Waals surface area contributed by atoms with E-state index in [0.29, 0.717) is 27.6 Å². The number of nitrogens with one attached hydrogen (secondary N) is 3. The SMILES string of the molecule is CC(=O)NNC(=O)N1c2ccc(Cl)cc2NC(=O)c2ccccc21. The van der Waals surface area contributed by atoms with Crippen molar-refractivity contribution in [2.75, 3.05) is 10.2 Å². The topological polar surface area (TPSA) is 90.5 Å². The van der Waals surface area contributed by atoms with Gasteiger partial charge in [-0.3, -0.25) is 19.9 Å². The molecule has 0 aromatic heterocycles. The van der Waals surface area contributed by atoms with E-state index in [1.807, 2.05) is 0 Å². The van der Waals surface area contributed by atoms with Gasteiger partial charge in [-0.15, -0.1) is 0 Å². The van der Waals surface area contributed by atoms with Crippen molar-refractivity contribution >= 4 is 46.5 Å². The number of benzene rings is 2. The summed E-state index contributed by atoms with van der Waals surface area (Å²) in [6, 6.07) is 10.8. The minimum Gasteiger partial charge on any atom is -0.320 e. The predicted octanol–water partition coefficient (Wildman–Crippen LogP) is 2.80. The lowest BCUT2D eigenvalue weighted by atomic mass is 10.1. The maximum atomic E-state index is 12.6. The number of carbonyl (C=O) groups is 3. The highest BCUT2D eigenvalue weighted by Gasteiger charge is 2.29. The van der Waals surface area contributed by atoms with Gasteiger partial charge in [0, 0.05) is 11.9 Å². The Morgan fingerprint density at radius 1 is 1.08 bits per heavy atom. The van der Waals surface area contributed by atoms with Crippen molar-refractivity contribution in [1.82, 2.24) is 10.9 Å². The quantitative estimate of drug-likeness (QED) is 0.642. The number of amides is 4. The fourth-order valence-corrected chi connectivity index (χ4v) is 2.57. The molecule has 3 rings (SSSR count). The largest absolute Gasteiger partial charge is 0.345 e. The summed E-state index contributed by atoms with van der Waals surface area (Å²) < 4.78 is 0. The first-order chi connectivity index (χ1) is 11.5. The maximum absolute atomic E-state index is 12.6. The Labute approximate surface area is 142 Å². The van der Waals surface area contributed by atoms with Crippen LogP contribution in [0.1, 0.15) is 17.3 Å². The average Bonchev–Trinajstić information content (AvgIpc) is 2.66. The number of hydrazine groups is 1. The summed E-state index contributed by atoms with van der Waals surface area (Å²) in [6.45, 7) is 1.27. The maximum Gasteiger partial charge on any atom is 0.345 e. The number of halogens is 1. The Morgan fingerprint density at radius 3 is 2.58 bits per heavy atom. The van der Waals surface area contributed by atoms with Crippen LogP contribution in [0.3, 0.4) is 0 Å². The average molecular weight is 345 g/mol. The molecule has 0 bridgehead atoms. The van der Waals surface area contributed by atoms with Crippen molar-refractivity contribution in [3.05, 3.63) is 53.1 Å². The molecule has 3 N–H and O–H groups in total. The lowest BCUT2D eigenvalue weighted by Gasteiger charge is -2.24. The normalized spacial score (nSPS) is 12.4. The van der Waals surface area contributed by atoms with E-state index in [-0.39, 0.29) is 5.91 Å². The lowest BCUT2D eigenvalue weighted by molar-refractivity contribution is -0.119. The summed E-state index contributed by atoms with van der Waals surface area (Å²) in [7, 11) is 0. The molecule has 0 saturated carbocycles. The highest BCUT2D eigenvalue weighted by molar-refractivity contribution is 6.31. The van der Waals surface area contributed by atoms with Gasteiger partial charge in [-0.05, 0) is 30.3 Å². The van der Waals surface area contributed by atoms with E-state index >= 15 is 0 Å². The van der Waals surface area contributed by atoms with Gasteiger partial charge in [0.2, 0.25) is 5.91 Å². The van der Waals surface area contributed by atoms with Gasteiger partial charge in [-0.1, -0.05) is 23.7 Å². The summed E-state index contributed by atoms with van der Waals surface area (Å²) in [6.07, 6.45) is 0. The first kappa shape index (κ1) is 15.8. The molecule has 8 heteroatoms. The van der Waals surface area contributed by atoms with Crippen LogP contribution in [0.5, 0.6) is 0 Å². The molecule has 0 spiro atoms. The third kappa shape index (κ3) is 2.89. The Bertz CT molecular complexity index is 853. The van der Waals surface area contributed by atoms with E-state index in [4.69, 9.17) is 11.6 Å². The van der Waals surface area contributed by atoms with Gasteiger partial charge in [0.25, 0.3) is 5.91 Å². The Kier molecular flexibility index (Phi) is 4.09. The van der Waals surface area contributed by atoms with Gasteiger partial charge in [0.1, 0.15) is 0 Å². The van der Waals surface area contributed by atoms with Crippen LogP contribution in [0.4, 0.5) is 21.9 Å². The molecule has 1 aliphatic heterocycles. The molecular weight excluding hydrogens is 332 g/mol. The van der Waals surface area contributed by atoms with Crippen LogP contribution in [-0.2, 0) is 4.79 Å². The Hall–Kier alpha value is -3.06. The number of hydrogen-bond donors (Lipinski definition) is 3. The van der Waals surface area contributed by atoms with Crippen molar-refractivity contribution in [2.24, 2.45) is 0 Å². The smallest absolute Gasteiger partial charge is 0.320 e. The molecule has 1 heterocycles. The molecule has 122 valence electrons. The van der Waals surface area contributed by atoms with Gasteiger partial charge in [-0.25, -0.2) is 10.2 Å². The van der Waals surface area contributed by atoms with Gasteiger partial charge in [0.15, 0.2) is 0 Å². The number of anilines is 3. The monoisotopic (exact) mass is 344 g/mol. The van der Waals surface area contributed by atoms with E-state index in [1.165, 1.54) is 11.8 Å². The molecule has 0 fully saturated rings. The van der Waals surface area contributed by atoms with Crippen LogP contribution in [0.2, 0.25) is 5.02 Å². The summed E-state index contributed by atoms with van der Waals surface area (Å²) in [5.74, 6) is -0.777. The first-order valence-electron chi connectivity index (χ1n) is 7.04. The Balaban J connectivity index is 2.14. The number of para-hydroxylation sites is 1. The fourth-order valence-electron chi connectivity index (χ4n) is 2.40. The number of nitrogens with zero attached hydrogens (tertiary/aromatic N) is 1. The van der Waals surface area contributed by atoms with Gasteiger partial charge < -0.3 is 5.32 Å². The number of hydrogen-bond acceptors (Lipinski definition) is 3. The molecule has 2 aromatic carbocycles. The second-order valence-corrected chi connectivity index (χ2v) is 5.52. The lowest BCUT2D eigenvalue weighted by Crippen LogP contribution is -2.46.